The SMILES string of the molecule is CC[C@H](C(=O)NC(C)C)N(Cc1ccc(Cl)cc1)C(=O)CN(c1cc(OC)ccc1OC)S(=O)(=O)c1ccc(OC)c(OC)c1. The molecule has 3 aromatic rings. The third kappa shape index (κ3) is 8.52. The van der Waals surface area contributed by atoms with E-state index in [1.54, 1.807) is 43.3 Å². The number of carbonyl (C=O) groups is 2. The molecule has 2 amide bonds. The predicted octanol–water partition coefficient (Wildman–Crippen LogP) is 4.90. The zero-order valence-corrected chi connectivity index (χ0v) is 28.1. The number of methoxy groups -OCH3 is 4. The van der Waals surface area contributed by atoms with E-state index in [0.29, 0.717) is 22.1 Å². The van der Waals surface area contributed by atoms with Gasteiger partial charge >= 0.3 is 0 Å². The van der Waals surface area contributed by atoms with Crippen molar-refractivity contribution in [2.75, 3.05) is 39.3 Å². The summed E-state index contributed by atoms with van der Waals surface area (Å²) in [7, 11) is 1.21. The third-order valence-corrected chi connectivity index (χ3v) is 8.97. The highest BCUT2D eigenvalue weighted by molar-refractivity contribution is 7.92. The minimum absolute atomic E-state index is 0.0273. The Hall–Kier alpha value is -4.16. The fraction of sp³-hybridized carbons (Fsp3) is 0.375. The highest BCUT2D eigenvalue weighted by atomic mass is 35.5. The van der Waals surface area contributed by atoms with Crippen LogP contribution in [0.2, 0.25) is 5.02 Å². The molecule has 3 rings (SSSR count). The van der Waals surface area contributed by atoms with Crippen LogP contribution in [0.15, 0.2) is 65.6 Å². The molecule has 13 heteroatoms. The predicted molar refractivity (Wildman–Crippen MR) is 173 cm³/mol. The van der Waals surface area contributed by atoms with Crippen molar-refractivity contribution in [3.8, 4) is 23.0 Å². The van der Waals surface area contributed by atoms with Gasteiger partial charge in [0.1, 0.15) is 24.1 Å². The van der Waals surface area contributed by atoms with Gasteiger partial charge in [-0.25, -0.2) is 8.42 Å². The van der Waals surface area contributed by atoms with Crippen LogP contribution in [0.5, 0.6) is 23.0 Å². The summed E-state index contributed by atoms with van der Waals surface area (Å²) < 4.78 is 51.3. The van der Waals surface area contributed by atoms with E-state index in [2.05, 4.69) is 5.32 Å². The van der Waals surface area contributed by atoms with Crippen LogP contribution >= 0.6 is 11.6 Å². The average Bonchev–Trinajstić information content (AvgIpc) is 3.03. The minimum Gasteiger partial charge on any atom is -0.497 e. The Morgan fingerprint density at radius 1 is 0.844 bits per heavy atom. The molecule has 0 aliphatic rings. The first kappa shape index (κ1) is 35.3. The Morgan fingerprint density at radius 3 is 2.02 bits per heavy atom. The van der Waals surface area contributed by atoms with E-state index in [-0.39, 0.29) is 47.0 Å². The molecule has 1 N–H and O–H groups in total. The first-order valence-corrected chi connectivity index (χ1v) is 16.0. The number of anilines is 1. The van der Waals surface area contributed by atoms with Crippen molar-refractivity contribution in [3.05, 3.63) is 71.2 Å². The first-order valence-electron chi connectivity index (χ1n) is 14.2. The van der Waals surface area contributed by atoms with Crippen molar-refractivity contribution >= 4 is 39.1 Å². The van der Waals surface area contributed by atoms with Crippen molar-refractivity contribution in [2.24, 2.45) is 0 Å². The van der Waals surface area contributed by atoms with E-state index in [1.165, 1.54) is 57.6 Å². The van der Waals surface area contributed by atoms with E-state index >= 15 is 0 Å². The van der Waals surface area contributed by atoms with Gasteiger partial charge in [-0.2, -0.15) is 0 Å². The Kier molecular flexibility index (Phi) is 12.3. The smallest absolute Gasteiger partial charge is 0.265 e. The minimum atomic E-state index is -4.45. The molecule has 0 saturated heterocycles. The van der Waals surface area contributed by atoms with Crippen molar-refractivity contribution in [3.63, 3.8) is 0 Å². The normalized spacial score (nSPS) is 11.8. The molecule has 0 aliphatic carbocycles. The number of ether oxygens (including phenoxy) is 4. The fourth-order valence-corrected chi connectivity index (χ4v) is 6.25. The maximum Gasteiger partial charge on any atom is 0.265 e. The zero-order valence-electron chi connectivity index (χ0n) is 26.5. The molecule has 11 nitrogen and oxygen atoms in total. The number of rotatable bonds is 15. The van der Waals surface area contributed by atoms with Crippen LogP contribution in [0.1, 0.15) is 32.8 Å². The van der Waals surface area contributed by atoms with E-state index in [1.807, 2.05) is 13.8 Å². The number of benzene rings is 3. The molecule has 0 aliphatic heterocycles. The zero-order chi connectivity index (χ0) is 33.3. The van der Waals surface area contributed by atoms with Gasteiger partial charge in [0.15, 0.2) is 11.5 Å². The molecule has 0 saturated carbocycles. The maximum absolute atomic E-state index is 14.4. The molecule has 0 spiro atoms. The van der Waals surface area contributed by atoms with E-state index in [0.717, 1.165) is 4.31 Å². The summed E-state index contributed by atoms with van der Waals surface area (Å²) in [6.07, 6.45) is 0.281. The van der Waals surface area contributed by atoms with Gasteiger partial charge in [-0.3, -0.25) is 13.9 Å². The molecule has 45 heavy (non-hydrogen) atoms. The Balaban J connectivity index is 2.20. The molecule has 0 radical (unpaired) electrons. The van der Waals surface area contributed by atoms with Gasteiger partial charge in [-0.05, 0) is 62.2 Å². The monoisotopic (exact) mass is 661 g/mol. The molecular weight excluding hydrogens is 622 g/mol. The Labute approximate surface area is 270 Å². The lowest BCUT2D eigenvalue weighted by Gasteiger charge is -2.34. The molecule has 244 valence electrons. The van der Waals surface area contributed by atoms with Gasteiger partial charge in [0.2, 0.25) is 11.8 Å². The van der Waals surface area contributed by atoms with Crippen LogP contribution in [-0.4, -0.2) is 72.2 Å². The molecule has 0 unspecified atom stereocenters. The van der Waals surface area contributed by atoms with Crippen molar-refractivity contribution in [1.29, 1.82) is 0 Å². The molecule has 0 bridgehead atoms. The lowest BCUT2D eigenvalue weighted by molar-refractivity contribution is -0.140. The molecule has 0 fully saturated rings. The second kappa shape index (κ2) is 15.7. The average molecular weight is 662 g/mol. The van der Waals surface area contributed by atoms with Crippen LogP contribution < -0.4 is 28.6 Å². The number of hydrogen-bond acceptors (Lipinski definition) is 8. The van der Waals surface area contributed by atoms with Gasteiger partial charge in [0.25, 0.3) is 10.0 Å². The lowest BCUT2D eigenvalue weighted by Crippen LogP contribution is -2.53. The van der Waals surface area contributed by atoms with Gasteiger partial charge in [-0.1, -0.05) is 30.7 Å². The first-order chi connectivity index (χ1) is 21.4. The number of halogens is 1. The van der Waals surface area contributed by atoms with Crippen molar-refractivity contribution < 1.29 is 37.0 Å². The summed E-state index contributed by atoms with van der Waals surface area (Å²) in [6.45, 7) is 4.79. The van der Waals surface area contributed by atoms with Crippen LogP contribution in [0.25, 0.3) is 0 Å². The number of sulfonamides is 1. The Morgan fingerprint density at radius 2 is 1.47 bits per heavy atom. The number of amides is 2. The summed E-state index contributed by atoms with van der Waals surface area (Å²) in [6, 6.07) is 14.6. The van der Waals surface area contributed by atoms with Crippen LogP contribution in [0, 0.1) is 0 Å². The fourth-order valence-electron chi connectivity index (χ4n) is 4.70. The highest BCUT2D eigenvalue weighted by Gasteiger charge is 2.35. The second-order valence-corrected chi connectivity index (χ2v) is 12.6. The van der Waals surface area contributed by atoms with Crippen molar-refractivity contribution in [1.82, 2.24) is 10.2 Å². The largest absolute Gasteiger partial charge is 0.497 e. The van der Waals surface area contributed by atoms with E-state index < -0.39 is 28.5 Å². The molecule has 0 aromatic heterocycles. The van der Waals surface area contributed by atoms with E-state index in [4.69, 9.17) is 30.5 Å². The number of nitrogens with zero attached hydrogens (tertiary/aromatic N) is 2. The summed E-state index contributed by atoms with van der Waals surface area (Å²) in [5.74, 6) is 0.0538. The number of hydrogen-bond donors (Lipinski definition) is 1. The molecule has 1 atom stereocenters. The van der Waals surface area contributed by atoms with E-state index in [9.17, 15) is 18.0 Å². The summed E-state index contributed by atoms with van der Waals surface area (Å²) in [5, 5.41) is 3.39. The quantitative estimate of drug-likeness (QED) is 0.244. The van der Waals surface area contributed by atoms with Crippen LogP contribution in [0.4, 0.5) is 5.69 Å². The molecule has 0 heterocycles. The number of nitrogens with one attached hydrogen (secondary N) is 1. The van der Waals surface area contributed by atoms with Crippen LogP contribution in [0.3, 0.4) is 0 Å². The highest BCUT2D eigenvalue weighted by Crippen LogP contribution is 2.38. The van der Waals surface area contributed by atoms with Gasteiger partial charge in [0.05, 0.1) is 39.0 Å². The summed E-state index contributed by atoms with van der Waals surface area (Å²) in [4.78, 5) is 28.9. The topological polar surface area (TPSA) is 124 Å². The molecule has 3 aromatic carbocycles. The van der Waals surface area contributed by atoms with Gasteiger partial charge in [-0.15, -0.1) is 0 Å². The molecular formula is C32H40ClN3O8S. The van der Waals surface area contributed by atoms with Gasteiger partial charge in [0, 0.05) is 29.7 Å². The standard InChI is InChI=1S/C32H40ClN3O8S/c1-8-26(32(38)34-21(2)3)35(19-22-9-11-23(33)12-10-22)31(37)20-36(27-17-24(41-4)13-15-28(27)42-5)45(39,40)25-14-16-29(43-6)30(18-25)44-7/h9-18,21,26H,8,19-20H2,1-7H3,(H,34,38)/t26-/m1/s1. The number of carbonyl (C=O) groups excluding carboxylic acids is 2. The van der Waals surface area contributed by atoms with Crippen LogP contribution in [-0.2, 0) is 26.2 Å². The Bertz CT molecular complexity index is 1580. The summed E-state index contributed by atoms with van der Waals surface area (Å²) in [5.41, 5.74) is 0.767. The second-order valence-electron chi connectivity index (χ2n) is 10.3. The maximum atomic E-state index is 14.4. The summed E-state index contributed by atoms with van der Waals surface area (Å²) >= 11 is 6.09. The third-order valence-electron chi connectivity index (χ3n) is 6.96. The van der Waals surface area contributed by atoms with Crippen molar-refractivity contribution in [2.45, 2.75) is 50.7 Å². The van der Waals surface area contributed by atoms with Gasteiger partial charge < -0.3 is 29.2 Å². The lowest BCUT2D eigenvalue weighted by atomic mass is 10.1.